The minimum atomic E-state index is -0.367. The first-order valence-electron chi connectivity index (χ1n) is 7.06. The van der Waals surface area contributed by atoms with E-state index in [0.717, 1.165) is 16.9 Å². The van der Waals surface area contributed by atoms with Gasteiger partial charge in [0, 0.05) is 6.61 Å². The summed E-state index contributed by atoms with van der Waals surface area (Å²) in [6.45, 7) is 7.14. The number of esters is 1. The van der Waals surface area contributed by atoms with Crippen molar-refractivity contribution in [1.29, 1.82) is 0 Å². The summed E-state index contributed by atoms with van der Waals surface area (Å²) in [6.07, 6.45) is 0. The molecule has 0 aliphatic carbocycles. The third-order valence-corrected chi connectivity index (χ3v) is 2.94. The van der Waals surface area contributed by atoms with Crippen molar-refractivity contribution >= 4 is 5.97 Å². The summed E-state index contributed by atoms with van der Waals surface area (Å²) in [5, 5.41) is 4.38. The quantitative estimate of drug-likeness (QED) is 0.767. The van der Waals surface area contributed by atoms with Crippen LogP contribution in [0, 0.1) is 6.92 Å². The van der Waals surface area contributed by atoms with Crippen molar-refractivity contribution in [1.82, 2.24) is 9.78 Å². The molecule has 0 radical (unpaired) electrons. The molecule has 0 fully saturated rings. The van der Waals surface area contributed by atoms with Gasteiger partial charge in [-0.25, -0.2) is 9.48 Å². The Bertz CT molecular complexity index is 620. The second-order valence-electron chi connectivity index (χ2n) is 4.61. The Hall–Kier alpha value is -2.14. The number of carbonyl (C=O) groups is 1. The van der Waals surface area contributed by atoms with E-state index in [2.05, 4.69) is 5.10 Å². The first-order valence-corrected chi connectivity index (χ1v) is 7.06. The minimum absolute atomic E-state index is 0.341. The molecule has 0 bridgehead atoms. The number of rotatable bonds is 6. The lowest BCUT2D eigenvalue weighted by molar-refractivity contribution is 0.0515. The monoisotopic (exact) mass is 288 g/mol. The number of hydrogen-bond donors (Lipinski definition) is 0. The van der Waals surface area contributed by atoms with Crippen LogP contribution in [-0.4, -0.2) is 29.0 Å². The Balaban J connectivity index is 2.35. The van der Waals surface area contributed by atoms with Crippen molar-refractivity contribution in [3.63, 3.8) is 0 Å². The van der Waals surface area contributed by atoms with Gasteiger partial charge in [0.25, 0.3) is 0 Å². The van der Waals surface area contributed by atoms with Crippen LogP contribution in [0.4, 0.5) is 0 Å². The number of carbonyl (C=O) groups excluding carboxylic acids is 1. The molecule has 0 saturated carbocycles. The van der Waals surface area contributed by atoms with E-state index in [1.807, 2.05) is 38.1 Å². The lowest BCUT2D eigenvalue weighted by atomic mass is 10.2. The van der Waals surface area contributed by atoms with Gasteiger partial charge >= 0.3 is 5.97 Å². The Morgan fingerprint density at radius 3 is 2.76 bits per heavy atom. The van der Waals surface area contributed by atoms with E-state index in [1.165, 1.54) is 0 Å². The van der Waals surface area contributed by atoms with Crippen LogP contribution in [0.2, 0.25) is 0 Å². The van der Waals surface area contributed by atoms with Crippen LogP contribution >= 0.6 is 0 Å². The SMILES string of the molecule is CCOCc1cccc(-n2nc(C)cc2C(=O)OCC)c1. The van der Waals surface area contributed by atoms with Crippen molar-refractivity contribution in [2.45, 2.75) is 27.4 Å². The third-order valence-electron chi connectivity index (χ3n) is 2.94. The molecule has 0 N–H and O–H groups in total. The molecule has 0 spiro atoms. The summed E-state index contributed by atoms with van der Waals surface area (Å²) in [6, 6.07) is 9.51. The van der Waals surface area contributed by atoms with Gasteiger partial charge in [-0.15, -0.1) is 0 Å². The van der Waals surface area contributed by atoms with Gasteiger partial charge in [0.1, 0.15) is 0 Å². The smallest absolute Gasteiger partial charge is 0.357 e. The highest BCUT2D eigenvalue weighted by Gasteiger charge is 2.16. The maximum absolute atomic E-state index is 12.0. The zero-order valence-electron chi connectivity index (χ0n) is 12.6. The fourth-order valence-corrected chi connectivity index (χ4v) is 2.04. The molecule has 1 aromatic carbocycles. The lowest BCUT2D eigenvalue weighted by Gasteiger charge is -2.09. The van der Waals surface area contributed by atoms with Crippen molar-refractivity contribution in [2.75, 3.05) is 13.2 Å². The molecule has 1 aromatic heterocycles. The predicted octanol–water partition coefficient (Wildman–Crippen LogP) is 2.89. The molecular weight excluding hydrogens is 268 g/mol. The molecule has 0 saturated heterocycles. The Kier molecular flexibility index (Phi) is 5.11. The van der Waals surface area contributed by atoms with E-state index in [-0.39, 0.29) is 5.97 Å². The second-order valence-corrected chi connectivity index (χ2v) is 4.61. The largest absolute Gasteiger partial charge is 0.461 e. The average molecular weight is 288 g/mol. The van der Waals surface area contributed by atoms with Crippen LogP contribution in [0.3, 0.4) is 0 Å². The molecule has 2 aromatic rings. The summed E-state index contributed by atoms with van der Waals surface area (Å²) in [5.41, 5.74) is 3.07. The van der Waals surface area contributed by atoms with Gasteiger partial charge in [-0.05, 0) is 44.5 Å². The predicted molar refractivity (Wildman–Crippen MR) is 79.6 cm³/mol. The first-order chi connectivity index (χ1) is 10.2. The summed E-state index contributed by atoms with van der Waals surface area (Å²) in [5.74, 6) is -0.367. The fraction of sp³-hybridized carbons (Fsp3) is 0.375. The molecule has 1 heterocycles. The van der Waals surface area contributed by atoms with Crippen LogP contribution in [0.1, 0.15) is 35.6 Å². The van der Waals surface area contributed by atoms with Crippen molar-refractivity contribution < 1.29 is 14.3 Å². The van der Waals surface area contributed by atoms with E-state index < -0.39 is 0 Å². The third kappa shape index (κ3) is 3.70. The number of aromatic nitrogens is 2. The molecule has 112 valence electrons. The topological polar surface area (TPSA) is 53.4 Å². The maximum atomic E-state index is 12.0. The number of aryl methyl sites for hydroxylation is 1. The molecule has 5 heteroatoms. The molecule has 5 nitrogen and oxygen atoms in total. The average Bonchev–Trinajstić information content (AvgIpc) is 2.88. The molecule has 21 heavy (non-hydrogen) atoms. The zero-order chi connectivity index (χ0) is 15.2. The number of ether oxygens (including phenoxy) is 2. The van der Waals surface area contributed by atoms with E-state index in [1.54, 1.807) is 17.7 Å². The molecule has 0 aliphatic heterocycles. The van der Waals surface area contributed by atoms with E-state index in [0.29, 0.717) is 25.5 Å². The van der Waals surface area contributed by atoms with Crippen LogP contribution in [-0.2, 0) is 16.1 Å². The highest BCUT2D eigenvalue weighted by atomic mass is 16.5. The lowest BCUT2D eigenvalue weighted by Crippen LogP contribution is -2.12. The second kappa shape index (κ2) is 7.04. The molecule has 2 rings (SSSR count). The maximum Gasteiger partial charge on any atom is 0.357 e. The van der Waals surface area contributed by atoms with Gasteiger partial charge in [-0.1, -0.05) is 12.1 Å². The normalized spacial score (nSPS) is 10.6. The van der Waals surface area contributed by atoms with Crippen molar-refractivity contribution in [3.8, 4) is 5.69 Å². The summed E-state index contributed by atoms with van der Waals surface area (Å²) < 4.78 is 12.1. The van der Waals surface area contributed by atoms with Crippen LogP contribution < -0.4 is 0 Å². The van der Waals surface area contributed by atoms with Gasteiger partial charge in [-0.2, -0.15) is 5.10 Å². The highest BCUT2D eigenvalue weighted by molar-refractivity contribution is 5.88. The number of nitrogens with zero attached hydrogens (tertiary/aromatic N) is 2. The molecule has 0 aliphatic rings. The Labute approximate surface area is 124 Å². The van der Waals surface area contributed by atoms with Crippen LogP contribution in [0.15, 0.2) is 30.3 Å². The number of benzene rings is 1. The van der Waals surface area contributed by atoms with Gasteiger partial charge in [0.05, 0.1) is 24.6 Å². The molecule has 0 atom stereocenters. The zero-order valence-corrected chi connectivity index (χ0v) is 12.6. The number of hydrogen-bond acceptors (Lipinski definition) is 4. The molecule has 0 amide bonds. The molecule has 0 unspecified atom stereocenters. The summed E-state index contributed by atoms with van der Waals surface area (Å²) >= 11 is 0. The molecular formula is C16H20N2O3. The standard InChI is InChI=1S/C16H20N2O3/c1-4-20-11-13-7-6-8-14(10-13)18-15(9-12(3)17-18)16(19)21-5-2/h6-10H,4-5,11H2,1-3H3. The fourth-order valence-electron chi connectivity index (χ4n) is 2.04. The van der Waals surface area contributed by atoms with Gasteiger partial charge in [0.2, 0.25) is 0 Å². The van der Waals surface area contributed by atoms with Crippen molar-refractivity contribution in [3.05, 3.63) is 47.3 Å². The van der Waals surface area contributed by atoms with Crippen molar-refractivity contribution in [2.24, 2.45) is 0 Å². The van der Waals surface area contributed by atoms with E-state index >= 15 is 0 Å². The van der Waals surface area contributed by atoms with Gasteiger partial charge in [0.15, 0.2) is 5.69 Å². The van der Waals surface area contributed by atoms with Gasteiger partial charge < -0.3 is 9.47 Å². The summed E-state index contributed by atoms with van der Waals surface area (Å²) in [4.78, 5) is 12.0. The van der Waals surface area contributed by atoms with Gasteiger partial charge in [-0.3, -0.25) is 0 Å². The first kappa shape index (κ1) is 15.3. The van der Waals surface area contributed by atoms with E-state index in [4.69, 9.17) is 9.47 Å². The van der Waals surface area contributed by atoms with E-state index in [9.17, 15) is 4.79 Å². The Morgan fingerprint density at radius 2 is 2.05 bits per heavy atom. The van der Waals surface area contributed by atoms with Crippen LogP contribution in [0.5, 0.6) is 0 Å². The van der Waals surface area contributed by atoms with Crippen LogP contribution in [0.25, 0.3) is 5.69 Å². The minimum Gasteiger partial charge on any atom is -0.461 e. The highest BCUT2D eigenvalue weighted by Crippen LogP contribution is 2.16. The Morgan fingerprint density at radius 1 is 1.24 bits per heavy atom. The summed E-state index contributed by atoms with van der Waals surface area (Å²) in [7, 11) is 0.